The van der Waals surface area contributed by atoms with Crippen molar-refractivity contribution in [2.45, 2.75) is 110 Å². The third-order valence-corrected chi connectivity index (χ3v) is 7.73. The van der Waals surface area contributed by atoms with E-state index >= 15 is 0 Å². The molecule has 2 fully saturated rings. The highest BCUT2D eigenvalue weighted by Gasteiger charge is 2.30. The van der Waals surface area contributed by atoms with E-state index in [9.17, 15) is 0 Å². The van der Waals surface area contributed by atoms with Crippen LogP contribution in [0, 0.1) is 17.8 Å². The first-order chi connectivity index (χ1) is 14.8. The van der Waals surface area contributed by atoms with Gasteiger partial charge in [-0.3, -0.25) is 0 Å². The minimum Gasteiger partial charge on any atom is -0.377 e. The van der Waals surface area contributed by atoms with Gasteiger partial charge < -0.3 is 4.74 Å². The summed E-state index contributed by atoms with van der Waals surface area (Å²) in [5.41, 5.74) is 2.89. The van der Waals surface area contributed by atoms with Crippen LogP contribution in [0.2, 0.25) is 0 Å². The van der Waals surface area contributed by atoms with E-state index in [2.05, 4.69) is 50.3 Å². The lowest BCUT2D eigenvalue weighted by atomic mass is 9.68. The number of ether oxygens (including phenoxy) is 1. The molecule has 2 saturated carbocycles. The predicted octanol–water partition coefficient (Wildman–Crippen LogP) is 8.83. The van der Waals surface area contributed by atoms with Gasteiger partial charge >= 0.3 is 0 Å². The smallest absolute Gasteiger partial charge is 0.0716 e. The van der Waals surface area contributed by atoms with Crippen LogP contribution in [0.25, 0.3) is 0 Å². The molecule has 1 aromatic carbocycles. The molecule has 0 heterocycles. The first-order valence-electron chi connectivity index (χ1n) is 13.1. The van der Waals surface area contributed by atoms with E-state index in [-0.39, 0.29) is 0 Å². The molecule has 0 aliphatic heterocycles. The normalized spacial score (nSPS) is 27.5. The van der Waals surface area contributed by atoms with Crippen molar-refractivity contribution in [2.75, 3.05) is 6.61 Å². The zero-order chi connectivity index (χ0) is 21.0. The molecule has 0 saturated heterocycles. The number of benzene rings is 1. The molecule has 30 heavy (non-hydrogen) atoms. The van der Waals surface area contributed by atoms with Crippen LogP contribution in [0.15, 0.2) is 36.4 Å². The average molecular weight is 411 g/mol. The molecule has 1 aromatic rings. The summed E-state index contributed by atoms with van der Waals surface area (Å²) in [4.78, 5) is 0. The molecule has 0 bridgehead atoms. The Morgan fingerprint density at radius 2 is 1.47 bits per heavy atom. The van der Waals surface area contributed by atoms with Crippen molar-refractivity contribution in [1.29, 1.82) is 0 Å². The van der Waals surface area contributed by atoms with E-state index < -0.39 is 0 Å². The maximum Gasteiger partial charge on any atom is 0.0716 e. The Morgan fingerprint density at radius 3 is 2.10 bits per heavy atom. The molecule has 0 aromatic heterocycles. The van der Waals surface area contributed by atoms with Gasteiger partial charge in [0.2, 0.25) is 0 Å². The number of hydrogen-bond acceptors (Lipinski definition) is 1. The summed E-state index contributed by atoms with van der Waals surface area (Å²) in [6.07, 6.45) is 22.8. The summed E-state index contributed by atoms with van der Waals surface area (Å²) >= 11 is 0. The number of rotatable bonds is 11. The van der Waals surface area contributed by atoms with Crippen LogP contribution < -0.4 is 0 Å². The minimum absolute atomic E-state index is 0.771. The molecule has 3 rings (SSSR count). The summed E-state index contributed by atoms with van der Waals surface area (Å²) in [6.45, 7) is 6.18. The van der Waals surface area contributed by atoms with Gasteiger partial charge in [0.05, 0.1) is 6.61 Å². The Morgan fingerprint density at radius 1 is 0.800 bits per heavy atom. The highest BCUT2D eigenvalue weighted by molar-refractivity contribution is 5.25. The van der Waals surface area contributed by atoms with Gasteiger partial charge in [-0.1, -0.05) is 69.5 Å². The lowest BCUT2D eigenvalue weighted by Gasteiger charge is -2.37. The van der Waals surface area contributed by atoms with Crippen molar-refractivity contribution in [2.24, 2.45) is 17.8 Å². The van der Waals surface area contributed by atoms with Crippen molar-refractivity contribution < 1.29 is 4.74 Å². The first-order valence-corrected chi connectivity index (χ1v) is 13.1. The van der Waals surface area contributed by atoms with E-state index in [0.29, 0.717) is 0 Å². The molecule has 1 nitrogen and oxygen atoms in total. The molecule has 0 radical (unpaired) electrons. The van der Waals surface area contributed by atoms with Crippen molar-refractivity contribution in [3.05, 3.63) is 47.5 Å². The molecule has 1 heteroatoms. The topological polar surface area (TPSA) is 9.23 Å². The van der Waals surface area contributed by atoms with Crippen molar-refractivity contribution in [3.8, 4) is 0 Å². The summed E-state index contributed by atoms with van der Waals surface area (Å²) in [5.74, 6) is 3.67. The molecule has 0 amide bonds. The molecular formula is C29H46O. The van der Waals surface area contributed by atoms with Crippen LogP contribution in [0.1, 0.15) is 114 Å². The Hall–Kier alpha value is -1.08. The van der Waals surface area contributed by atoms with Gasteiger partial charge in [-0.15, -0.1) is 0 Å². The van der Waals surface area contributed by atoms with Gasteiger partial charge in [0, 0.05) is 6.61 Å². The molecule has 168 valence electrons. The molecule has 2 aliphatic rings. The van der Waals surface area contributed by atoms with Crippen molar-refractivity contribution in [1.82, 2.24) is 0 Å². The van der Waals surface area contributed by atoms with E-state index in [1.807, 2.05) is 0 Å². The quantitative estimate of drug-likeness (QED) is 0.261. The average Bonchev–Trinajstić information content (AvgIpc) is 2.80. The predicted molar refractivity (Wildman–Crippen MR) is 130 cm³/mol. The summed E-state index contributed by atoms with van der Waals surface area (Å²) in [7, 11) is 0. The minimum atomic E-state index is 0.771. The molecule has 0 unspecified atom stereocenters. The number of hydrogen-bond donors (Lipinski definition) is 0. The van der Waals surface area contributed by atoms with E-state index in [1.54, 1.807) is 5.56 Å². The van der Waals surface area contributed by atoms with E-state index in [0.717, 1.165) is 36.9 Å². The van der Waals surface area contributed by atoms with Gasteiger partial charge in [-0.2, -0.15) is 0 Å². The van der Waals surface area contributed by atoms with Crippen LogP contribution in [0.5, 0.6) is 0 Å². The lowest BCUT2D eigenvalue weighted by Crippen LogP contribution is -2.25. The fourth-order valence-electron chi connectivity index (χ4n) is 5.72. The fraction of sp³-hybridized carbons (Fsp3) is 0.724. The van der Waals surface area contributed by atoms with Gasteiger partial charge in [-0.25, -0.2) is 0 Å². The zero-order valence-electron chi connectivity index (χ0n) is 19.8. The molecule has 0 spiro atoms. The van der Waals surface area contributed by atoms with Crippen LogP contribution >= 0.6 is 0 Å². The summed E-state index contributed by atoms with van der Waals surface area (Å²) in [5, 5.41) is 0. The molecular weight excluding hydrogens is 364 g/mol. The van der Waals surface area contributed by atoms with E-state index in [4.69, 9.17) is 4.74 Å². The van der Waals surface area contributed by atoms with Gasteiger partial charge in [0.15, 0.2) is 0 Å². The maximum atomic E-state index is 5.82. The Kier molecular flexibility index (Phi) is 10.5. The Balaban J connectivity index is 1.36. The van der Waals surface area contributed by atoms with Crippen LogP contribution in [0.4, 0.5) is 0 Å². The standard InChI is InChI=1S/C29H46O/c1-3-5-7-9-24-10-14-26(15-11-24)28-18-20-29(21-19-28)27-16-12-25(13-17-27)23-30-22-8-6-4-2/h7,9,12-13,16-17,24,26,28-29H,3-6,8,10-11,14-15,18-23H2,1-2H3. The van der Waals surface area contributed by atoms with Gasteiger partial charge in [0.1, 0.15) is 0 Å². The Labute approximate surface area is 186 Å². The second-order valence-corrected chi connectivity index (χ2v) is 10.0. The van der Waals surface area contributed by atoms with Gasteiger partial charge in [0.25, 0.3) is 0 Å². The second kappa shape index (κ2) is 13.4. The maximum absolute atomic E-state index is 5.82. The molecule has 2 aliphatic carbocycles. The fourth-order valence-corrected chi connectivity index (χ4v) is 5.72. The second-order valence-electron chi connectivity index (χ2n) is 10.0. The van der Waals surface area contributed by atoms with Crippen LogP contribution in [0.3, 0.4) is 0 Å². The SMILES string of the molecule is CCCC=CC1CCC(C2CCC(c3ccc(COCCCCC)cc3)CC2)CC1. The zero-order valence-corrected chi connectivity index (χ0v) is 19.8. The van der Waals surface area contributed by atoms with E-state index in [1.165, 1.54) is 89.0 Å². The highest BCUT2D eigenvalue weighted by Crippen LogP contribution is 2.44. The third kappa shape index (κ3) is 7.56. The van der Waals surface area contributed by atoms with Crippen LogP contribution in [-0.2, 0) is 11.3 Å². The number of unbranched alkanes of at least 4 members (excludes halogenated alkanes) is 3. The Bertz CT molecular complexity index is 585. The van der Waals surface area contributed by atoms with Crippen molar-refractivity contribution in [3.63, 3.8) is 0 Å². The first kappa shape index (κ1) is 23.6. The number of allylic oxidation sites excluding steroid dienone is 2. The highest BCUT2D eigenvalue weighted by atomic mass is 16.5. The lowest BCUT2D eigenvalue weighted by molar-refractivity contribution is 0.117. The third-order valence-electron chi connectivity index (χ3n) is 7.73. The summed E-state index contributed by atoms with van der Waals surface area (Å²) < 4.78 is 5.82. The summed E-state index contributed by atoms with van der Waals surface area (Å²) in [6, 6.07) is 9.36. The van der Waals surface area contributed by atoms with Crippen LogP contribution in [-0.4, -0.2) is 6.61 Å². The monoisotopic (exact) mass is 410 g/mol. The largest absolute Gasteiger partial charge is 0.377 e. The molecule has 0 atom stereocenters. The van der Waals surface area contributed by atoms with Gasteiger partial charge in [-0.05, 0) is 99.0 Å². The van der Waals surface area contributed by atoms with Crippen molar-refractivity contribution >= 4 is 0 Å². The molecule has 0 N–H and O–H groups in total.